The minimum absolute atomic E-state index is 0.0799. The molecule has 0 unspecified atom stereocenters. The van der Waals surface area contributed by atoms with Gasteiger partial charge in [-0.3, -0.25) is 4.79 Å². The normalized spacial score (nSPS) is 16.1. The lowest BCUT2D eigenvalue weighted by atomic mass is 10.1. The average molecular weight is 376 g/mol. The third-order valence-corrected chi connectivity index (χ3v) is 4.88. The number of aromatic amines is 1. The quantitative estimate of drug-likeness (QED) is 0.648. The Kier molecular flexibility index (Phi) is 5.73. The van der Waals surface area contributed by atoms with Crippen molar-refractivity contribution in [3.05, 3.63) is 82.8 Å². The van der Waals surface area contributed by atoms with Crippen LogP contribution in [0.5, 0.6) is 5.75 Å². The molecule has 0 bridgehead atoms. The van der Waals surface area contributed by atoms with E-state index >= 15 is 0 Å². The number of hydrogen-bond acceptors (Lipinski definition) is 4. The topological polar surface area (TPSA) is 63.4 Å². The van der Waals surface area contributed by atoms with Gasteiger partial charge in [-0.25, -0.2) is 0 Å². The van der Waals surface area contributed by atoms with E-state index in [1.807, 2.05) is 60.7 Å². The lowest BCUT2D eigenvalue weighted by Crippen LogP contribution is -2.16. The maximum Gasteiger partial charge on any atom is 0.252 e. The zero-order valence-electron chi connectivity index (χ0n) is 15.7. The summed E-state index contributed by atoms with van der Waals surface area (Å²) in [7, 11) is 0. The van der Waals surface area contributed by atoms with Crippen LogP contribution in [-0.4, -0.2) is 24.3 Å². The summed E-state index contributed by atoms with van der Waals surface area (Å²) in [5.41, 5.74) is 3.63. The van der Waals surface area contributed by atoms with Gasteiger partial charge in [0.25, 0.3) is 5.56 Å². The monoisotopic (exact) mass is 376 g/mol. The van der Waals surface area contributed by atoms with Gasteiger partial charge in [-0.2, -0.15) is 0 Å². The number of aromatic nitrogens is 1. The highest BCUT2D eigenvalue weighted by Crippen LogP contribution is 2.20. The van der Waals surface area contributed by atoms with E-state index in [1.54, 1.807) is 6.20 Å². The maximum atomic E-state index is 12.2. The van der Waals surface area contributed by atoms with Gasteiger partial charge in [0.2, 0.25) is 0 Å². The number of ether oxygens (including phenoxy) is 2. The number of pyridine rings is 1. The predicted molar refractivity (Wildman–Crippen MR) is 111 cm³/mol. The number of anilines is 1. The second-order valence-electron chi connectivity index (χ2n) is 6.93. The summed E-state index contributed by atoms with van der Waals surface area (Å²) in [5.74, 6) is 0.824. The number of H-pyrrole nitrogens is 1. The van der Waals surface area contributed by atoms with Crippen molar-refractivity contribution in [1.82, 2.24) is 4.98 Å². The molecule has 1 aliphatic rings. The van der Waals surface area contributed by atoms with E-state index < -0.39 is 0 Å². The Hall–Kier alpha value is -3.05. The molecule has 5 nitrogen and oxygen atoms in total. The first kappa shape index (κ1) is 18.3. The number of benzene rings is 2. The van der Waals surface area contributed by atoms with E-state index in [0.717, 1.165) is 42.0 Å². The number of hydrogen-bond donors (Lipinski definition) is 2. The van der Waals surface area contributed by atoms with Crippen LogP contribution in [0.3, 0.4) is 0 Å². The summed E-state index contributed by atoms with van der Waals surface area (Å²) in [6, 6.07) is 19.7. The van der Waals surface area contributed by atoms with Crippen molar-refractivity contribution in [1.29, 1.82) is 0 Å². The molecule has 0 saturated carbocycles. The van der Waals surface area contributed by atoms with Crippen molar-refractivity contribution in [2.24, 2.45) is 0 Å². The van der Waals surface area contributed by atoms with Gasteiger partial charge >= 0.3 is 0 Å². The fourth-order valence-electron chi connectivity index (χ4n) is 3.29. The molecule has 4 rings (SSSR count). The summed E-state index contributed by atoms with van der Waals surface area (Å²) >= 11 is 0. The third-order valence-electron chi connectivity index (χ3n) is 4.88. The van der Waals surface area contributed by atoms with Crippen LogP contribution in [0, 0.1) is 0 Å². The van der Waals surface area contributed by atoms with Crippen molar-refractivity contribution >= 4 is 5.69 Å². The smallest absolute Gasteiger partial charge is 0.252 e. The molecule has 28 heavy (non-hydrogen) atoms. The van der Waals surface area contributed by atoms with Gasteiger partial charge in [-0.1, -0.05) is 30.3 Å². The second-order valence-corrected chi connectivity index (χ2v) is 6.93. The number of rotatable bonds is 7. The van der Waals surface area contributed by atoms with Crippen LogP contribution in [0.2, 0.25) is 0 Å². The summed E-state index contributed by atoms with van der Waals surface area (Å²) in [6.07, 6.45) is 4.14. The molecule has 2 aromatic carbocycles. The first-order chi connectivity index (χ1) is 13.8. The molecular formula is C23H24N2O3. The van der Waals surface area contributed by atoms with E-state index in [1.165, 1.54) is 0 Å². The SMILES string of the molecule is O=c1[nH]cc(-c2ccccc2)cc1CNc1ccc(OC[C@@H]2CCCO2)cc1. The van der Waals surface area contributed by atoms with Crippen molar-refractivity contribution in [2.75, 3.05) is 18.5 Å². The summed E-state index contributed by atoms with van der Waals surface area (Å²) in [4.78, 5) is 15.0. The molecule has 0 amide bonds. The maximum absolute atomic E-state index is 12.2. The van der Waals surface area contributed by atoms with E-state index in [2.05, 4.69) is 10.3 Å². The van der Waals surface area contributed by atoms with Crippen molar-refractivity contribution in [3.63, 3.8) is 0 Å². The van der Waals surface area contributed by atoms with Crippen LogP contribution in [-0.2, 0) is 11.3 Å². The fourth-order valence-corrected chi connectivity index (χ4v) is 3.29. The van der Waals surface area contributed by atoms with E-state index in [9.17, 15) is 4.79 Å². The summed E-state index contributed by atoms with van der Waals surface area (Å²) in [6.45, 7) is 1.88. The predicted octanol–water partition coefficient (Wildman–Crippen LogP) is 4.21. The molecule has 1 atom stereocenters. The molecule has 0 radical (unpaired) electrons. The van der Waals surface area contributed by atoms with Crippen LogP contribution >= 0.6 is 0 Å². The Morgan fingerprint density at radius 3 is 2.64 bits per heavy atom. The molecule has 2 heterocycles. The summed E-state index contributed by atoms with van der Waals surface area (Å²) in [5, 5.41) is 3.30. The van der Waals surface area contributed by atoms with Crippen LogP contribution in [0.4, 0.5) is 5.69 Å². The Morgan fingerprint density at radius 2 is 1.89 bits per heavy atom. The van der Waals surface area contributed by atoms with Gasteiger partial charge in [0.05, 0.1) is 6.10 Å². The van der Waals surface area contributed by atoms with Gasteiger partial charge in [-0.05, 0) is 54.3 Å². The first-order valence-corrected chi connectivity index (χ1v) is 9.63. The van der Waals surface area contributed by atoms with Gasteiger partial charge in [0.1, 0.15) is 12.4 Å². The Bertz CT molecular complexity index is 946. The molecule has 1 saturated heterocycles. The Labute approximate surface area is 164 Å². The minimum atomic E-state index is -0.0799. The van der Waals surface area contributed by atoms with E-state index in [4.69, 9.17) is 9.47 Å². The van der Waals surface area contributed by atoms with Crippen LogP contribution < -0.4 is 15.6 Å². The van der Waals surface area contributed by atoms with Crippen LogP contribution in [0.25, 0.3) is 11.1 Å². The van der Waals surface area contributed by atoms with Crippen LogP contribution in [0.15, 0.2) is 71.7 Å². The van der Waals surface area contributed by atoms with Crippen molar-refractivity contribution < 1.29 is 9.47 Å². The van der Waals surface area contributed by atoms with E-state index in [0.29, 0.717) is 18.7 Å². The molecule has 2 N–H and O–H groups in total. The van der Waals surface area contributed by atoms with Gasteiger partial charge in [0.15, 0.2) is 0 Å². The highest BCUT2D eigenvalue weighted by molar-refractivity contribution is 5.63. The number of nitrogens with one attached hydrogen (secondary N) is 2. The molecule has 0 spiro atoms. The molecule has 0 aliphatic carbocycles. The van der Waals surface area contributed by atoms with Gasteiger partial charge in [0, 0.05) is 30.6 Å². The van der Waals surface area contributed by atoms with Gasteiger partial charge < -0.3 is 19.8 Å². The van der Waals surface area contributed by atoms with Crippen molar-refractivity contribution in [2.45, 2.75) is 25.5 Å². The van der Waals surface area contributed by atoms with Crippen LogP contribution in [0.1, 0.15) is 18.4 Å². The molecule has 3 aromatic rings. The van der Waals surface area contributed by atoms with Crippen molar-refractivity contribution in [3.8, 4) is 16.9 Å². The highest BCUT2D eigenvalue weighted by Gasteiger charge is 2.15. The highest BCUT2D eigenvalue weighted by atomic mass is 16.5. The molecule has 1 aromatic heterocycles. The van der Waals surface area contributed by atoms with Gasteiger partial charge in [-0.15, -0.1) is 0 Å². The Morgan fingerprint density at radius 1 is 1.07 bits per heavy atom. The molecular weight excluding hydrogens is 352 g/mol. The standard InChI is InChI=1S/C23H24N2O3/c26-23-19(13-18(14-25-23)17-5-2-1-3-6-17)15-24-20-8-10-21(11-9-20)28-16-22-7-4-12-27-22/h1-3,5-6,8-11,13-14,22,24H,4,7,12,15-16H2,(H,25,26)/t22-/m0/s1. The largest absolute Gasteiger partial charge is 0.491 e. The zero-order valence-corrected chi connectivity index (χ0v) is 15.7. The second kappa shape index (κ2) is 8.76. The summed E-state index contributed by atoms with van der Waals surface area (Å²) < 4.78 is 11.4. The average Bonchev–Trinajstić information content (AvgIpc) is 3.27. The Balaban J connectivity index is 1.37. The van der Waals surface area contributed by atoms with E-state index in [-0.39, 0.29) is 11.7 Å². The molecule has 1 fully saturated rings. The lowest BCUT2D eigenvalue weighted by Gasteiger charge is -2.12. The lowest BCUT2D eigenvalue weighted by molar-refractivity contribution is 0.0679. The third kappa shape index (κ3) is 4.61. The molecule has 1 aliphatic heterocycles. The molecule has 144 valence electrons. The first-order valence-electron chi connectivity index (χ1n) is 9.63. The zero-order chi connectivity index (χ0) is 19.2. The molecule has 5 heteroatoms. The minimum Gasteiger partial charge on any atom is -0.491 e. The fraction of sp³-hybridized carbons (Fsp3) is 0.261.